The minimum atomic E-state index is -1.08. The normalized spacial score (nSPS) is 26.7. The van der Waals surface area contributed by atoms with Gasteiger partial charge in [-0.15, -0.1) is 0 Å². The van der Waals surface area contributed by atoms with Crippen LogP contribution >= 0.6 is 0 Å². The highest BCUT2D eigenvalue weighted by molar-refractivity contribution is 5.91. The molecular formula is C31H34F4N6O2. The fraction of sp³-hybridized carbons (Fsp3) is 0.548. The maximum absolute atomic E-state index is 15.2. The van der Waals surface area contributed by atoms with E-state index in [1.165, 1.54) is 11.0 Å². The third-order valence-electron chi connectivity index (χ3n) is 9.59. The van der Waals surface area contributed by atoms with Crippen molar-refractivity contribution in [3.8, 4) is 12.1 Å². The van der Waals surface area contributed by atoms with Gasteiger partial charge in [-0.2, -0.15) is 15.2 Å². The molecule has 2 aliphatic carbocycles. The van der Waals surface area contributed by atoms with Crippen LogP contribution in [0.3, 0.4) is 0 Å². The minimum absolute atomic E-state index is 0.000293. The molecule has 1 aromatic carbocycles. The number of carbonyl (C=O) groups is 1. The molecule has 2 aliphatic heterocycles. The van der Waals surface area contributed by atoms with Crippen LogP contribution in [0, 0.1) is 23.0 Å². The molecule has 2 saturated heterocycles. The second-order valence-corrected chi connectivity index (χ2v) is 12.2. The van der Waals surface area contributed by atoms with E-state index in [1.54, 1.807) is 0 Å². The molecule has 1 aromatic heterocycles. The number of nitriles is 1. The van der Waals surface area contributed by atoms with Gasteiger partial charge in [-0.1, -0.05) is 6.58 Å². The topological polar surface area (TPSA) is 85.6 Å². The van der Waals surface area contributed by atoms with Gasteiger partial charge in [-0.05, 0) is 56.3 Å². The molecule has 1 spiro atoms. The van der Waals surface area contributed by atoms with Gasteiger partial charge in [0.15, 0.2) is 5.83 Å². The molecule has 0 bridgehead atoms. The van der Waals surface area contributed by atoms with Crippen LogP contribution in [0.2, 0.25) is 0 Å². The van der Waals surface area contributed by atoms with Gasteiger partial charge in [0.25, 0.3) is 5.91 Å². The molecule has 0 N–H and O–H groups in total. The van der Waals surface area contributed by atoms with Crippen molar-refractivity contribution >= 4 is 11.7 Å². The van der Waals surface area contributed by atoms with E-state index >= 15 is 4.39 Å². The number of rotatable bonds is 6. The zero-order valence-corrected chi connectivity index (χ0v) is 24.1. The number of aryl methyl sites for hydroxylation is 1. The number of anilines is 1. The average molecular weight is 599 g/mol. The predicted molar refractivity (Wildman–Crippen MR) is 150 cm³/mol. The lowest BCUT2D eigenvalue weighted by molar-refractivity contribution is -0.131. The summed E-state index contributed by atoms with van der Waals surface area (Å²) in [6.45, 7) is 4.39. The van der Waals surface area contributed by atoms with Crippen molar-refractivity contribution in [3.05, 3.63) is 58.6 Å². The van der Waals surface area contributed by atoms with Gasteiger partial charge >= 0.3 is 6.01 Å². The van der Waals surface area contributed by atoms with Crippen LogP contribution in [0.15, 0.2) is 24.5 Å². The lowest BCUT2D eigenvalue weighted by Crippen LogP contribution is -2.55. The number of benzene rings is 1. The van der Waals surface area contributed by atoms with E-state index in [2.05, 4.69) is 12.6 Å². The first kappa shape index (κ1) is 29.4. The van der Waals surface area contributed by atoms with Crippen molar-refractivity contribution < 1.29 is 27.1 Å². The molecule has 4 aliphatic rings. The van der Waals surface area contributed by atoms with Crippen LogP contribution < -0.4 is 9.64 Å². The molecule has 228 valence electrons. The first-order valence-corrected chi connectivity index (χ1v) is 14.7. The smallest absolute Gasteiger partial charge is 0.318 e. The number of hydrogen-bond donors (Lipinski definition) is 0. The van der Waals surface area contributed by atoms with E-state index in [9.17, 15) is 23.2 Å². The van der Waals surface area contributed by atoms with Gasteiger partial charge in [0.2, 0.25) is 0 Å². The van der Waals surface area contributed by atoms with Crippen LogP contribution in [-0.2, 0) is 29.5 Å². The number of ether oxygens (including phenoxy) is 1. The van der Waals surface area contributed by atoms with E-state index in [0.29, 0.717) is 74.3 Å². The number of aromatic nitrogens is 2. The standard InChI is InChI=1S/C31H34F4N6O2/c1-18(32)29(42)41-10-9-40(16-22(41)5-8-36)28-24-4-7-31(6-3-19-11-20(33)13-25(35)27(19)31)14-26(24)37-30(38-28)43-17-23-12-21(34)15-39(23)2/h11,13,21-23H,1,3-7,9-10,12,14-17H2,2H3. The van der Waals surface area contributed by atoms with Crippen molar-refractivity contribution in [2.24, 2.45) is 0 Å². The summed E-state index contributed by atoms with van der Waals surface area (Å²) < 4.78 is 63.1. The molecule has 0 radical (unpaired) electrons. The second-order valence-electron chi connectivity index (χ2n) is 12.2. The maximum Gasteiger partial charge on any atom is 0.318 e. The summed E-state index contributed by atoms with van der Waals surface area (Å²) in [4.78, 5) is 27.2. The van der Waals surface area contributed by atoms with Crippen molar-refractivity contribution in [2.75, 3.05) is 44.7 Å². The lowest BCUT2D eigenvalue weighted by Gasteiger charge is -2.42. The number of fused-ring (bicyclic) bond motifs is 3. The summed E-state index contributed by atoms with van der Waals surface area (Å²) in [7, 11) is 1.84. The van der Waals surface area contributed by atoms with Crippen LogP contribution in [0.5, 0.6) is 6.01 Å². The first-order valence-electron chi connectivity index (χ1n) is 14.7. The third kappa shape index (κ3) is 5.44. The number of nitrogens with zero attached hydrogens (tertiary/aromatic N) is 6. The molecule has 4 unspecified atom stereocenters. The number of carbonyl (C=O) groups excluding carboxylic acids is 1. The predicted octanol–water partition coefficient (Wildman–Crippen LogP) is 3.96. The number of piperazine rings is 1. The average Bonchev–Trinajstić information content (AvgIpc) is 3.48. The summed E-state index contributed by atoms with van der Waals surface area (Å²) in [5, 5.41) is 9.45. The Kier molecular flexibility index (Phi) is 7.79. The number of halogens is 4. The summed E-state index contributed by atoms with van der Waals surface area (Å²) in [6.07, 6.45) is 2.23. The Hall–Kier alpha value is -3.72. The monoisotopic (exact) mass is 598 g/mol. The zero-order chi connectivity index (χ0) is 30.5. The summed E-state index contributed by atoms with van der Waals surface area (Å²) in [5.74, 6) is -2.43. The Balaban J connectivity index is 1.34. The number of likely N-dealkylation sites (tertiary alicyclic amines) is 1. The number of hydrogen-bond acceptors (Lipinski definition) is 7. The minimum Gasteiger partial charge on any atom is -0.462 e. The molecule has 0 saturated carbocycles. The molecule has 12 heteroatoms. The molecule has 3 heterocycles. The van der Waals surface area contributed by atoms with Gasteiger partial charge in [-0.25, -0.2) is 17.6 Å². The largest absolute Gasteiger partial charge is 0.462 e. The maximum atomic E-state index is 15.2. The van der Waals surface area contributed by atoms with Crippen LogP contribution in [0.1, 0.15) is 48.1 Å². The van der Waals surface area contributed by atoms with Crippen molar-refractivity contribution in [1.29, 1.82) is 5.26 Å². The van der Waals surface area contributed by atoms with Crippen LogP contribution in [0.4, 0.5) is 23.4 Å². The van der Waals surface area contributed by atoms with Gasteiger partial charge in [0, 0.05) is 55.7 Å². The van der Waals surface area contributed by atoms with Gasteiger partial charge in [0.1, 0.15) is 30.2 Å². The van der Waals surface area contributed by atoms with Crippen LogP contribution in [-0.4, -0.2) is 83.8 Å². The Bertz CT molecular complexity index is 1500. The van der Waals surface area contributed by atoms with Crippen molar-refractivity contribution in [3.63, 3.8) is 0 Å². The lowest BCUT2D eigenvalue weighted by atomic mass is 9.69. The van der Waals surface area contributed by atoms with Gasteiger partial charge < -0.3 is 14.5 Å². The third-order valence-corrected chi connectivity index (χ3v) is 9.59. The molecule has 8 nitrogen and oxygen atoms in total. The Labute approximate surface area is 247 Å². The molecular weight excluding hydrogens is 564 g/mol. The molecule has 2 fully saturated rings. The molecule has 4 atom stereocenters. The fourth-order valence-electron chi connectivity index (χ4n) is 7.47. The van der Waals surface area contributed by atoms with Crippen molar-refractivity contribution in [1.82, 2.24) is 19.8 Å². The van der Waals surface area contributed by atoms with Gasteiger partial charge in [-0.3, -0.25) is 9.69 Å². The molecule has 43 heavy (non-hydrogen) atoms. The number of amides is 1. The van der Waals surface area contributed by atoms with E-state index < -0.39 is 41.0 Å². The quantitative estimate of drug-likeness (QED) is 0.368. The van der Waals surface area contributed by atoms with Crippen molar-refractivity contribution in [2.45, 2.75) is 68.6 Å². The first-order chi connectivity index (χ1) is 20.6. The zero-order valence-electron chi connectivity index (χ0n) is 24.1. The summed E-state index contributed by atoms with van der Waals surface area (Å²) in [6, 6.07) is 3.85. The Morgan fingerprint density at radius 2 is 1.98 bits per heavy atom. The SMILES string of the molecule is C=C(F)C(=O)N1CCN(c2nc(OCC3CC(F)CN3C)nc3c2CCC2(CCc4cc(F)cc(F)c42)C3)CC1CC#N. The molecule has 6 rings (SSSR count). The Morgan fingerprint density at radius 3 is 2.70 bits per heavy atom. The highest BCUT2D eigenvalue weighted by Gasteiger charge is 2.45. The molecule has 2 aromatic rings. The Morgan fingerprint density at radius 1 is 1.19 bits per heavy atom. The second kappa shape index (κ2) is 11.4. The highest BCUT2D eigenvalue weighted by atomic mass is 19.1. The van der Waals surface area contributed by atoms with E-state index in [0.717, 1.165) is 11.6 Å². The summed E-state index contributed by atoms with van der Waals surface area (Å²) >= 11 is 0. The highest BCUT2D eigenvalue weighted by Crippen LogP contribution is 2.50. The van der Waals surface area contributed by atoms with E-state index in [1.807, 2.05) is 16.8 Å². The molecule has 1 amide bonds. The van der Waals surface area contributed by atoms with E-state index in [4.69, 9.17) is 14.7 Å². The van der Waals surface area contributed by atoms with Crippen LogP contribution in [0.25, 0.3) is 0 Å². The number of likely N-dealkylation sites (N-methyl/N-ethyl adjacent to an activating group) is 1. The summed E-state index contributed by atoms with van der Waals surface area (Å²) in [5.41, 5.74) is 2.29. The van der Waals surface area contributed by atoms with E-state index in [-0.39, 0.29) is 38.2 Å². The van der Waals surface area contributed by atoms with Gasteiger partial charge in [0.05, 0.1) is 24.2 Å². The fourth-order valence-corrected chi connectivity index (χ4v) is 7.47. The number of alkyl halides is 1.